The van der Waals surface area contributed by atoms with E-state index in [1.165, 1.54) is 0 Å². The van der Waals surface area contributed by atoms with E-state index in [4.69, 9.17) is 9.08 Å². The van der Waals surface area contributed by atoms with Crippen LogP contribution in [0.3, 0.4) is 0 Å². The Labute approximate surface area is 113 Å². The van der Waals surface area contributed by atoms with E-state index < -0.39 is 10.1 Å². The fraction of sp³-hybridized carbons (Fsp3) is 0.833. The molecule has 19 heavy (non-hydrogen) atoms. The van der Waals surface area contributed by atoms with Gasteiger partial charge in [0.05, 0.1) is 5.75 Å². The third kappa shape index (κ3) is 4.01. The molecule has 7 heteroatoms. The van der Waals surface area contributed by atoms with Crippen molar-refractivity contribution in [3.63, 3.8) is 0 Å². The molecule has 0 saturated heterocycles. The van der Waals surface area contributed by atoms with Crippen molar-refractivity contribution in [2.75, 3.05) is 5.75 Å². The Morgan fingerprint density at radius 2 is 1.95 bits per heavy atom. The van der Waals surface area contributed by atoms with Crippen molar-refractivity contribution in [2.24, 2.45) is 5.92 Å². The molecule has 0 aliphatic heterocycles. The average molecular weight is 288 g/mol. The predicted molar refractivity (Wildman–Crippen MR) is 69.5 cm³/mol. The molecule has 0 atom stereocenters. The molecule has 108 valence electrons. The molecule has 1 aromatic heterocycles. The summed E-state index contributed by atoms with van der Waals surface area (Å²) in [7, 11) is -3.86. The van der Waals surface area contributed by atoms with E-state index in [0.29, 0.717) is 5.89 Å². The van der Waals surface area contributed by atoms with Gasteiger partial charge in [-0.2, -0.15) is 13.4 Å². The molecule has 1 N–H and O–H groups in total. The van der Waals surface area contributed by atoms with E-state index in [-0.39, 0.29) is 23.5 Å². The molecule has 1 saturated carbocycles. The van der Waals surface area contributed by atoms with Gasteiger partial charge in [0.1, 0.15) is 0 Å². The maximum Gasteiger partial charge on any atom is 0.265 e. The number of aromatic nitrogens is 2. The van der Waals surface area contributed by atoms with Crippen LogP contribution < -0.4 is 0 Å². The van der Waals surface area contributed by atoms with Crippen molar-refractivity contribution in [1.29, 1.82) is 0 Å². The smallest absolute Gasteiger partial charge is 0.265 e. The highest BCUT2D eigenvalue weighted by molar-refractivity contribution is 7.85. The van der Waals surface area contributed by atoms with Crippen molar-refractivity contribution in [3.05, 3.63) is 11.7 Å². The van der Waals surface area contributed by atoms with Gasteiger partial charge in [0.2, 0.25) is 5.89 Å². The molecule has 1 fully saturated rings. The van der Waals surface area contributed by atoms with Crippen molar-refractivity contribution < 1.29 is 17.5 Å². The predicted octanol–water partition coefficient (Wildman–Crippen LogP) is 2.35. The first-order valence-electron chi connectivity index (χ1n) is 6.64. The van der Waals surface area contributed by atoms with Crippen LogP contribution in [0.15, 0.2) is 4.52 Å². The molecule has 6 nitrogen and oxygen atoms in total. The monoisotopic (exact) mass is 288 g/mol. The number of nitrogens with zero attached hydrogens (tertiary/aromatic N) is 2. The van der Waals surface area contributed by atoms with Crippen LogP contribution in [-0.4, -0.2) is 28.9 Å². The largest absolute Gasteiger partial charge is 0.339 e. The first kappa shape index (κ1) is 14.5. The van der Waals surface area contributed by atoms with Crippen LogP contribution in [-0.2, 0) is 10.1 Å². The van der Waals surface area contributed by atoms with E-state index >= 15 is 0 Å². The van der Waals surface area contributed by atoms with Crippen LogP contribution in [0.1, 0.15) is 63.1 Å². The third-order valence-electron chi connectivity index (χ3n) is 3.62. The van der Waals surface area contributed by atoms with Gasteiger partial charge in [-0.15, -0.1) is 0 Å². The number of hydrogen-bond donors (Lipinski definition) is 1. The lowest BCUT2D eigenvalue weighted by Crippen LogP contribution is -2.21. The van der Waals surface area contributed by atoms with Gasteiger partial charge in [-0.1, -0.05) is 19.0 Å². The van der Waals surface area contributed by atoms with Gasteiger partial charge in [-0.3, -0.25) is 4.55 Å². The molecule has 0 bridgehead atoms. The Morgan fingerprint density at radius 1 is 1.32 bits per heavy atom. The second-order valence-corrected chi connectivity index (χ2v) is 7.11. The molecule has 2 rings (SSSR count). The summed E-state index contributed by atoms with van der Waals surface area (Å²) < 4.78 is 35.8. The maximum absolute atomic E-state index is 10.8. The Kier molecular flexibility index (Phi) is 4.25. The van der Waals surface area contributed by atoms with Crippen LogP contribution in [0.2, 0.25) is 0 Å². The Balaban J connectivity index is 1.92. The topological polar surface area (TPSA) is 93.3 Å². The minimum atomic E-state index is -3.86. The van der Waals surface area contributed by atoms with Gasteiger partial charge in [0, 0.05) is 11.8 Å². The van der Waals surface area contributed by atoms with Gasteiger partial charge in [-0.05, 0) is 31.6 Å². The molecule has 0 amide bonds. The molecule has 1 aromatic rings. The molecule has 0 aromatic carbocycles. The Hall–Kier alpha value is -0.950. The maximum atomic E-state index is 10.8. The van der Waals surface area contributed by atoms with E-state index in [1.54, 1.807) is 0 Å². The van der Waals surface area contributed by atoms with E-state index in [2.05, 4.69) is 10.1 Å². The lowest BCUT2D eigenvalue weighted by molar-refractivity contribution is 0.279. The zero-order chi connectivity index (χ0) is 14.0. The van der Waals surface area contributed by atoms with Gasteiger partial charge in [0.15, 0.2) is 5.82 Å². The lowest BCUT2D eigenvalue weighted by Gasteiger charge is -2.25. The van der Waals surface area contributed by atoms with Crippen LogP contribution in [0.5, 0.6) is 0 Å². The summed E-state index contributed by atoms with van der Waals surface area (Å²) in [6.45, 7) is 4.02. The van der Waals surface area contributed by atoms with Crippen LogP contribution in [0, 0.1) is 5.92 Å². The summed E-state index contributed by atoms with van der Waals surface area (Å²) >= 11 is 0. The van der Waals surface area contributed by atoms with E-state index in [0.717, 1.165) is 31.5 Å². The van der Waals surface area contributed by atoms with Crippen molar-refractivity contribution >= 4 is 10.1 Å². The highest BCUT2D eigenvalue weighted by atomic mass is 32.2. The highest BCUT2D eigenvalue weighted by Crippen LogP contribution is 2.35. The SMILES string of the molecule is CC(C)c1noc(C2CCC(CS(=O)(=O)O)CC2)n1. The molecule has 1 aliphatic rings. The normalized spacial score (nSPS) is 24.8. The van der Waals surface area contributed by atoms with Gasteiger partial charge in [-0.25, -0.2) is 0 Å². The first-order valence-corrected chi connectivity index (χ1v) is 8.24. The zero-order valence-electron chi connectivity index (χ0n) is 11.2. The molecule has 0 unspecified atom stereocenters. The molecule has 1 aliphatic carbocycles. The second kappa shape index (κ2) is 5.58. The summed E-state index contributed by atoms with van der Waals surface area (Å²) in [6, 6.07) is 0. The molecule has 0 spiro atoms. The lowest BCUT2D eigenvalue weighted by atomic mass is 9.83. The zero-order valence-corrected chi connectivity index (χ0v) is 12.1. The number of hydrogen-bond acceptors (Lipinski definition) is 5. The third-order valence-corrected chi connectivity index (χ3v) is 4.51. The fourth-order valence-electron chi connectivity index (χ4n) is 2.52. The summed E-state index contributed by atoms with van der Waals surface area (Å²) in [5.41, 5.74) is 0. The molecule has 1 heterocycles. The Bertz CT molecular complexity index is 516. The standard InChI is InChI=1S/C12H20N2O4S/c1-8(2)11-13-12(18-14-11)10-5-3-9(4-6-10)7-19(15,16)17/h8-10H,3-7H2,1-2H3,(H,15,16,17). The fourth-order valence-corrected chi connectivity index (χ4v) is 3.45. The van der Waals surface area contributed by atoms with Gasteiger partial charge >= 0.3 is 0 Å². The van der Waals surface area contributed by atoms with Crippen molar-refractivity contribution in [1.82, 2.24) is 10.1 Å². The minimum absolute atomic E-state index is 0.0405. The van der Waals surface area contributed by atoms with Crippen LogP contribution in [0.4, 0.5) is 0 Å². The second-order valence-electron chi connectivity index (χ2n) is 5.61. The highest BCUT2D eigenvalue weighted by Gasteiger charge is 2.28. The summed E-state index contributed by atoms with van der Waals surface area (Å²) in [6.07, 6.45) is 3.20. The molecular weight excluding hydrogens is 268 g/mol. The van der Waals surface area contributed by atoms with Crippen molar-refractivity contribution in [2.45, 2.75) is 51.4 Å². The minimum Gasteiger partial charge on any atom is -0.339 e. The summed E-state index contributed by atoms with van der Waals surface area (Å²) in [5, 5.41) is 3.95. The number of rotatable bonds is 4. The molecule has 0 radical (unpaired) electrons. The summed E-state index contributed by atoms with van der Waals surface area (Å²) in [4.78, 5) is 4.39. The average Bonchev–Trinajstić information content (AvgIpc) is 2.77. The first-order chi connectivity index (χ1) is 8.85. The quantitative estimate of drug-likeness (QED) is 0.855. The van der Waals surface area contributed by atoms with E-state index in [9.17, 15) is 8.42 Å². The summed E-state index contributed by atoms with van der Waals surface area (Å²) in [5.74, 6) is 1.75. The van der Waals surface area contributed by atoms with Crippen LogP contribution >= 0.6 is 0 Å². The van der Waals surface area contributed by atoms with Gasteiger partial charge < -0.3 is 4.52 Å². The van der Waals surface area contributed by atoms with Gasteiger partial charge in [0.25, 0.3) is 10.1 Å². The van der Waals surface area contributed by atoms with E-state index in [1.807, 2.05) is 13.8 Å². The molecular formula is C12H20N2O4S. The Morgan fingerprint density at radius 3 is 2.42 bits per heavy atom. The van der Waals surface area contributed by atoms with Crippen molar-refractivity contribution in [3.8, 4) is 0 Å². The van der Waals surface area contributed by atoms with Crippen LogP contribution in [0.25, 0.3) is 0 Å².